The lowest BCUT2D eigenvalue weighted by molar-refractivity contribution is 0.0553. The molecule has 3 rings (SSSR count). The number of nitrogens with zero attached hydrogens (tertiary/aromatic N) is 3. The summed E-state index contributed by atoms with van der Waals surface area (Å²) < 4.78 is 5.88. The number of rotatable bonds is 2. The Hall–Kier alpha value is -1.14. The largest absolute Gasteiger partial charge is 0.374 e. The molecular weight excluding hydrogens is 242 g/mol. The van der Waals surface area contributed by atoms with Crippen molar-refractivity contribution < 1.29 is 4.74 Å². The van der Waals surface area contributed by atoms with Gasteiger partial charge in [0.1, 0.15) is 5.82 Å². The van der Waals surface area contributed by atoms with Crippen molar-refractivity contribution >= 4 is 5.95 Å². The number of hydrogen-bond acceptors (Lipinski definition) is 5. The van der Waals surface area contributed by atoms with Crippen LogP contribution in [0.15, 0.2) is 0 Å². The van der Waals surface area contributed by atoms with Gasteiger partial charge in [-0.05, 0) is 19.8 Å². The molecule has 19 heavy (non-hydrogen) atoms. The molecule has 6 nitrogen and oxygen atoms in total. The quantitative estimate of drug-likeness (QED) is 0.825. The number of aromatic amines is 1. The number of hydrogen-bond donors (Lipinski definition) is 2. The van der Waals surface area contributed by atoms with Crippen LogP contribution in [0.5, 0.6) is 0 Å². The SMILES string of the molecule is CC1OC(C)C(c2nc(N3CCNCC3)n[nH]2)C1C. The molecule has 2 fully saturated rings. The third kappa shape index (κ3) is 2.34. The molecule has 4 unspecified atom stereocenters. The molecule has 2 aliphatic heterocycles. The van der Waals surface area contributed by atoms with Crippen LogP contribution in [0, 0.1) is 5.92 Å². The summed E-state index contributed by atoms with van der Waals surface area (Å²) in [6, 6.07) is 0. The summed E-state index contributed by atoms with van der Waals surface area (Å²) in [5.41, 5.74) is 0. The second kappa shape index (κ2) is 5.09. The molecule has 6 heteroatoms. The Morgan fingerprint density at radius 3 is 2.53 bits per heavy atom. The molecular formula is C13H23N5O. The normalized spacial score (nSPS) is 35.8. The van der Waals surface area contributed by atoms with E-state index < -0.39 is 0 Å². The standard InChI is InChI=1S/C13H23N5O/c1-8-9(2)19-10(3)11(8)12-15-13(17-16-12)18-6-4-14-5-7-18/h8-11,14H,4-7H2,1-3H3,(H,15,16,17). The molecule has 1 aromatic heterocycles. The molecule has 2 N–H and O–H groups in total. The van der Waals surface area contributed by atoms with Gasteiger partial charge in [-0.1, -0.05) is 6.92 Å². The van der Waals surface area contributed by atoms with Crippen molar-refractivity contribution in [2.24, 2.45) is 5.92 Å². The Morgan fingerprint density at radius 1 is 1.16 bits per heavy atom. The maximum Gasteiger partial charge on any atom is 0.244 e. The van der Waals surface area contributed by atoms with Crippen molar-refractivity contribution in [1.82, 2.24) is 20.5 Å². The van der Waals surface area contributed by atoms with Crippen LogP contribution < -0.4 is 10.2 Å². The van der Waals surface area contributed by atoms with Gasteiger partial charge in [-0.2, -0.15) is 4.98 Å². The molecule has 3 heterocycles. The van der Waals surface area contributed by atoms with Crippen molar-refractivity contribution in [1.29, 1.82) is 0 Å². The number of nitrogens with one attached hydrogen (secondary N) is 2. The molecule has 0 bridgehead atoms. The van der Waals surface area contributed by atoms with Gasteiger partial charge in [-0.15, -0.1) is 5.10 Å². The average Bonchev–Trinajstić information content (AvgIpc) is 2.97. The van der Waals surface area contributed by atoms with E-state index >= 15 is 0 Å². The smallest absolute Gasteiger partial charge is 0.244 e. The highest BCUT2D eigenvalue weighted by molar-refractivity contribution is 5.30. The molecule has 0 radical (unpaired) electrons. The fraction of sp³-hybridized carbons (Fsp3) is 0.846. The van der Waals surface area contributed by atoms with Gasteiger partial charge >= 0.3 is 0 Å². The monoisotopic (exact) mass is 265 g/mol. The lowest BCUT2D eigenvalue weighted by Crippen LogP contribution is -2.44. The first-order valence-corrected chi connectivity index (χ1v) is 7.20. The van der Waals surface area contributed by atoms with Crippen LogP contribution in [0.25, 0.3) is 0 Å². The van der Waals surface area contributed by atoms with Gasteiger partial charge in [0.25, 0.3) is 0 Å². The zero-order valence-corrected chi connectivity index (χ0v) is 11.9. The van der Waals surface area contributed by atoms with Crippen LogP contribution in [-0.4, -0.2) is 53.6 Å². The van der Waals surface area contributed by atoms with Gasteiger partial charge < -0.3 is 15.0 Å². The molecule has 2 aliphatic rings. The van der Waals surface area contributed by atoms with Gasteiger partial charge in [-0.3, -0.25) is 5.10 Å². The van der Waals surface area contributed by atoms with Crippen molar-refractivity contribution in [2.45, 2.75) is 38.9 Å². The average molecular weight is 265 g/mol. The van der Waals surface area contributed by atoms with Gasteiger partial charge in [-0.25, -0.2) is 0 Å². The maximum atomic E-state index is 5.88. The number of aromatic nitrogens is 3. The van der Waals surface area contributed by atoms with Crippen LogP contribution in [0.1, 0.15) is 32.5 Å². The van der Waals surface area contributed by atoms with Crippen molar-refractivity contribution in [2.75, 3.05) is 31.1 Å². The summed E-state index contributed by atoms with van der Waals surface area (Å²) in [6.07, 6.45) is 0.488. The highest BCUT2D eigenvalue weighted by Crippen LogP contribution is 2.38. The first-order valence-electron chi connectivity index (χ1n) is 7.20. The molecule has 0 aliphatic carbocycles. The Kier molecular flexibility index (Phi) is 3.45. The van der Waals surface area contributed by atoms with Gasteiger partial charge in [0, 0.05) is 32.1 Å². The van der Waals surface area contributed by atoms with Crippen LogP contribution in [0.2, 0.25) is 0 Å². The van der Waals surface area contributed by atoms with Crippen molar-refractivity contribution in [3.8, 4) is 0 Å². The van der Waals surface area contributed by atoms with E-state index in [1.807, 2.05) is 0 Å². The maximum absolute atomic E-state index is 5.88. The highest BCUT2D eigenvalue weighted by Gasteiger charge is 2.40. The number of H-pyrrole nitrogens is 1. The number of ether oxygens (including phenoxy) is 1. The molecule has 0 spiro atoms. The summed E-state index contributed by atoms with van der Waals surface area (Å²) >= 11 is 0. The Balaban J connectivity index is 1.77. The minimum atomic E-state index is 0.203. The van der Waals surface area contributed by atoms with E-state index in [0.717, 1.165) is 38.0 Å². The van der Waals surface area contributed by atoms with E-state index in [0.29, 0.717) is 11.8 Å². The van der Waals surface area contributed by atoms with Gasteiger partial charge in [0.15, 0.2) is 0 Å². The zero-order valence-electron chi connectivity index (χ0n) is 11.9. The fourth-order valence-corrected chi connectivity index (χ4v) is 3.16. The molecule has 0 amide bonds. The summed E-state index contributed by atoms with van der Waals surface area (Å²) in [5.74, 6) is 2.59. The topological polar surface area (TPSA) is 66.1 Å². The molecule has 0 aromatic carbocycles. The van der Waals surface area contributed by atoms with Crippen LogP contribution in [0.4, 0.5) is 5.95 Å². The van der Waals surface area contributed by atoms with Crippen LogP contribution in [0.3, 0.4) is 0 Å². The fourth-order valence-electron chi connectivity index (χ4n) is 3.16. The van der Waals surface area contributed by atoms with E-state index in [4.69, 9.17) is 9.72 Å². The lowest BCUT2D eigenvalue weighted by Gasteiger charge is -2.25. The summed E-state index contributed by atoms with van der Waals surface area (Å²) in [4.78, 5) is 6.93. The van der Waals surface area contributed by atoms with Crippen molar-refractivity contribution in [3.63, 3.8) is 0 Å². The Morgan fingerprint density at radius 2 is 1.89 bits per heavy atom. The number of piperazine rings is 1. The molecule has 1 aromatic rings. The minimum absolute atomic E-state index is 0.203. The zero-order chi connectivity index (χ0) is 13.4. The summed E-state index contributed by atoms with van der Waals surface area (Å²) in [7, 11) is 0. The van der Waals surface area contributed by atoms with E-state index in [-0.39, 0.29) is 12.2 Å². The van der Waals surface area contributed by atoms with E-state index in [9.17, 15) is 0 Å². The van der Waals surface area contributed by atoms with Crippen LogP contribution in [-0.2, 0) is 4.74 Å². The summed E-state index contributed by atoms with van der Waals surface area (Å²) in [6.45, 7) is 10.4. The van der Waals surface area contributed by atoms with Crippen molar-refractivity contribution in [3.05, 3.63) is 5.82 Å². The predicted molar refractivity (Wildman–Crippen MR) is 73.4 cm³/mol. The highest BCUT2D eigenvalue weighted by atomic mass is 16.5. The van der Waals surface area contributed by atoms with Gasteiger partial charge in [0.05, 0.1) is 12.2 Å². The van der Waals surface area contributed by atoms with E-state index in [2.05, 4.69) is 41.2 Å². The first kappa shape index (κ1) is 12.9. The number of anilines is 1. The third-order valence-electron chi connectivity index (χ3n) is 4.45. The molecule has 4 atom stereocenters. The Bertz CT molecular complexity index is 428. The molecule has 106 valence electrons. The van der Waals surface area contributed by atoms with E-state index in [1.54, 1.807) is 0 Å². The van der Waals surface area contributed by atoms with E-state index in [1.165, 1.54) is 0 Å². The predicted octanol–water partition coefficient (Wildman–Crippen LogP) is 0.741. The second-order valence-electron chi connectivity index (χ2n) is 5.69. The minimum Gasteiger partial charge on any atom is -0.374 e. The Labute approximate surface area is 113 Å². The molecule has 0 saturated carbocycles. The first-order chi connectivity index (χ1) is 9.16. The van der Waals surface area contributed by atoms with Gasteiger partial charge in [0.2, 0.25) is 5.95 Å². The summed E-state index contributed by atoms with van der Waals surface area (Å²) in [5, 5.41) is 10.8. The van der Waals surface area contributed by atoms with Crippen LogP contribution >= 0.6 is 0 Å². The third-order valence-corrected chi connectivity index (χ3v) is 4.45. The molecule has 2 saturated heterocycles. The second-order valence-corrected chi connectivity index (χ2v) is 5.69. The lowest BCUT2D eigenvalue weighted by atomic mass is 9.89.